The Labute approximate surface area is 65.1 Å². The zero-order valence-corrected chi connectivity index (χ0v) is 6.33. The molecule has 1 aromatic rings. The van der Waals surface area contributed by atoms with E-state index in [2.05, 4.69) is 10.4 Å². The predicted octanol–water partition coefficient (Wildman–Crippen LogP) is 0.640. The second-order valence-corrected chi connectivity index (χ2v) is 2.56. The van der Waals surface area contributed by atoms with Gasteiger partial charge in [-0.25, -0.2) is 10.9 Å². The summed E-state index contributed by atoms with van der Waals surface area (Å²) in [5.74, 6) is 1.02. The third kappa shape index (κ3) is 1.10. The number of quaternary nitrogens is 1. The Morgan fingerprint density at radius 2 is 2.18 bits per heavy atom. The van der Waals surface area contributed by atoms with Gasteiger partial charge in [-0.05, 0) is 12.1 Å². The Morgan fingerprint density at radius 1 is 1.36 bits per heavy atom. The van der Waals surface area contributed by atoms with Crippen LogP contribution >= 0.6 is 0 Å². The fourth-order valence-corrected chi connectivity index (χ4v) is 1.10. The molecule has 11 heavy (non-hydrogen) atoms. The van der Waals surface area contributed by atoms with Crippen molar-refractivity contribution in [3.8, 4) is 0 Å². The van der Waals surface area contributed by atoms with Gasteiger partial charge in [0.25, 0.3) is 0 Å². The Bertz CT molecular complexity index is 304. The van der Waals surface area contributed by atoms with Crippen LogP contribution in [0.3, 0.4) is 0 Å². The van der Waals surface area contributed by atoms with Gasteiger partial charge in [-0.2, -0.15) is 4.99 Å². The highest BCUT2D eigenvalue weighted by Crippen LogP contribution is 2.23. The highest BCUT2D eigenvalue weighted by atomic mass is 15.4. The van der Waals surface area contributed by atoms with Crippen LogP contribution < -0.4 is 10.9 Å². The quantitative estimate of drug-likeness (QED) is 0.521. The summed E-state index contributed by atoms with van der Waals surface area (Å²) in [4.78, 5) is 4.34. The molecule has 3 heteroatoms. The maximum atomic E-state index is 4.34. The standard InChI is InChI=1S/C8H9N3/c1-6-9-7-4-2-3-5-8(7)11-10-6/h2-5,11H,1H3,(H,9,10)/p+1. The average molecular weight is 148 g/mol. The summed E-state index contributed by atoms with van der Waals surface area (Å²) in [7, 11) is 0. The van der Waals surface area contributed by atoms with Gasteiger partial charge in [0.05, 0.1) is 5.69 Å². The smallest absolute Gasteiger partial charge is 0.221 e. The van der Waals surface area contributed by atoms with Crippen LogP contribution in [-0.4, -0.2) is 5.84 Å². The normalized spacial score (nSPS) is 14.8. The molecule has 1 aliphatic rings. The number of nitrogens with one attached hydrogen (secondary N) is 1. The van der Waals surface area contributed by atoms with Crippen molar-refractivity contribution in [1.29, 1.82) is 0 Å². The number of hydrogen-bond donors (Lipinski definition) is 2. The number of aliphatic imine (C=N–C) groups is 1. The second-order valence-electron chi connectivity index (χ2n) is 2.56. The van der Waals surface area contributed by atoms with E-state index in [-0.39, 0.29) is 0 Å². The number of rotatable bonds is 0. The average Bonchev–Trinajstić information content (AvgIpc) is 2.04. The largest absolute Gasteiger partial charge is 0.232 e. The van der Waals surface area contributed by atoms with Gasteiger partial charge in [0.15, 0.2) is 0 Å². The molecule has 1 aliphatic heterocycles. The van der Waals surface area contributed by atoms with Gasteiger partial charge in [-0.15, -0.1) is 0 Å². The SMILES string of the molecule is CC1=Nc2ccccc2N[NH2+]1. The number of nitrogens with zero attached hydrogens (tertiary/aromatic N) is 1. The number of nitrogen functional groups attached to an aromatic ring is 1. The van der Waals surface area contributed by atoms with Crippen LogP contribution in [0, 0.1) is 0 Å². The number of benzene rings is 1. The van der Waals surface area contributed by atoms with Gasteiger partial charge in [0.2, 0.25) is 5.84 Å². The number of amidine groups is 1. The maximum absolute atomic E-state index is 4.34. The predicted molar refractivity (Wildman–Crippen MR) is 44.8 cm³/mol. The topological polar surface area (TPSA) is 41.0 Å². The lowest BCUT2D eigenvalue weighted by atomic mass is 10.2. The summed E-state index contributed by atoms with van der Waals surface area (Å²) in [6.45, 7) is 1.98. The molecule has 0 atom stereocenters. The minimum atomic E-state index is 1.02. The molecule has 1 aromatic carbocycles. The molecule has 1 heterocycles. The lowest BCUT2D eigenvalue weighted by Gasteiger charge is -2.11. The number of para-hydroxylation sites is 2. The lowest BCUT2D eigenvalue weighted by Crippen LogP contribution is -2.92. The molecule has 3 N–H and O–H groups in total. The van der Waals surface area contributed by atoms with Crippen LogP contribution in [0.5, 0.6) is 0 Å². The molecular weight excluding hydrogens is 138 g/mol. The molecule has 0 aromatic heterocycles. The second kappa shape index (κ2) is 2.36. The number of fused-ring (bicyclic) bond motifs is 1. The van der Waals surface area contributed by atoms with E-state index < -0.39 is 0 Å². The molecule has 56 valence electrons. The first-order valence-electron chi connectivity index (χ1n) is 3.60. The van der Waals surface area contributed by atoms with Gasteiger partial charge < -0.3 is 0 Å². The molecule has 0 radical (unpaired) electrons. The van der Waals surface area contributed by atoms with Gasteiger partial charge in [-0.1, -0.05) is 12.1 Å². The van der Waals surface area contributed by atoms with E-state index in [1.54, 1.807) is 0 Å². The van der Waals surface area contributed by atoms with E-state index in [4.69, 9.17) is 0 Å². The van der Waals surface area contributed by atoms with Gasteiger partial charge in [0, 0.05) is 6.92 Å². The fraction of sp³-hybridized carbons (Fsp3) is 0.125. The molecule has 0 fully saturated rings. The first kappa shape index (κ1) is 6.37. The third-order valence-corrected chi connectivity index (χ3v) is 1.64. The molecule has 2 rings (SSSR count). The summed E-state index contributed by atoms with van der Waals surface area (Å²) in [5.41, 5.74) is 7.16. The summed E-state index contributed by atoms with van der Waals surface area (Å²) in [6.07, 6.45) is 0. The van der Waals surface area contributed by atoms with Crippen LogP contribution in [0.4, 0.5) is 11.4 Å². The highest BCUT2D eigenvalue weighted by molar-refractivity contribution is 5.80. The zero-order valence-electron chi connectivity index (χ0n) is 6.33. The lowest BCUT2D eigenvalue weighted by molar-refractivity contribution is -0.507. The van der Waals surface area contributed by atoms with E-state index >= 15 is 0 Å². The minimum Gasteiger partial charge on any atom is -0.232 e. The van der Waals surface area contributed by atoms with Crippen molar-refractivity contribution in [3.05, 3.63) is 24.3 Å². The summed E-state index contributed by atoms with van der Waals surface area (Å²) < 4.78 is 0. The van der Waals surface area contributed by atoms with Crippen LogP contribution in [0.15, 0.2) is 29.3 Å². The molecule has 0 saturated carbocycles. The third-order valence-electron chi connectivity index (χ3n) is 1.64. The molecule has 0 unspecified atom stereocenters. The van der Waals surface area contributed by atoms with Gasteiger partial charge in [0.1, 0.15) is 5.69 Å². The highest BCUT2D eigenvalue weighted by Gasteiger charge is 2.08. The van der Waals surface area contributed by atoms with Crippen LogP contribution in [0.1, 0.15) is 6.92 Å². The Balaban J connectivity index is 2.51. The van der Waals surface area contributed by atoms with Crippen molar-refractivity contribution in [2.45, 2.75) is 6.92 Å². The molecule has 0 amide bonds. The van der Waals surface area contributed by atoms with Gasteiger partial charge >= 0.3 is 0 Å². The van der Waals surface area contributed by atoms with E-state index in [0.717, 1.165) is 17.2 Å². The van der Waals surface area contributed by atoms with Crippen LogP contribution in [0.25, 0.3) is 0 Å². The van der Waals surface area contributed by atoms with E-state index in [0.29, 0.717) is 0 Å². The zero-order chi connectivity index (χ0) is 7.68. The van der Waals surface area contributed by atoms with E-state index in [9.17, 15) is 0 Å². The van der Waals surface area contributed by atoms with Gasteiger partial charge in [-0.3, -0.25) is 0 Å². The molecule has 3 nitrogen and oxygen atoms in total. The number of nitrogens with two attached hydrogens (primary N) is 1. The fourth-order valence-electron chi connectivity index (χ4n) is 1.10. The van der Waals surface area contributed by atoms with Crippen molar-refractivity contribution in [2.75, 3.05) is 5.43 Å². The van der Waals surface area contributed by atoms with Crippen molar-refractivity contribution in [3.63, 3.8) is 0 Å². The van der Waals surface area contributed by atoms with E-state index in [1.165, 1.54) is 0 Å². The van der Waals surface area contributed by atoms with Crippen molar-refractivity contribution >= 4 is 17.2 Å². The molecule has 0 saturated heterocycles. The summed E-state index contributed by atoms with van der Waals surface area (Å²) in [5, 5.41) is 0. The monoisotopic (exact) mass is 148 g/mol. The Hall–Kier alpha value is -1.35. The first-order valence-corrected chi connectivity index (χ1v) is 3.60. The molecule has 0 bridgehead atoms. The minimum absolute atomic E-state index is 1.02. The van der Waals surface area contributed by atoms with Crippen molar-refractivity contribution in [2.24, 2.45) is 4.99 Å². The van der Waals surface area contributed by atoms with Crippen LogP contribution in [-0.2, 0) is 0 Å². The molecule has 0 aliphatic carbocycles. The Morgan fingerprint density at radius 3 is 3.09 bits per heavy atom. The molecular formula is C8H10N3+. The Kier molecular flexibility index (Phi) is 1.36. The van der Waals surface area contributed by atoms with Crippen molar-refractivity contribution in [1.82, 2.24) is 0 Å². The maximum Gasteiger partial charge on any atom is 0.221 e. The van der Waals surface area contributed by atoms with Crippen molar-refractivity contribution < 1.29 is 5.43 Å². The summed E-state index contributed by atoms with van der Waals surface area (Å²) >= 11 is 0. The van der Waals surface area contributed by atoms with E-state index in [1.807, 2.05) is 36.6 Å². The number of anilines is 1. The number of hydrogen-bond acceptors (Lipinski definition) is 2. The molecule has 0 spiro atoms. The summed E-state index contributed by atoms with van der Waals surface area (Å²) in [6, 6.07) is 8.00. The first-order chi connectivity index (χ1) is 5.36. The van der Waals surface area contributed by atoms with Crippen LogP contribution in [0.2, 0.25) is 0 Å².